The zero-order valence-corrected chi connectivity index (χ0v) is 10.8. The lowest BCUT2D eigenvalue weighted by molar-refractivity contribution is -0.136. The van der Waals surface area contributed by atoms with Crippen LogP contribution in [0.15, 0.2) is 28.7 Å². The minimum absolute atomic E-state index is 0.0353. The topological polar surface area (TPSA) is 26.3 Å². The predicted molar refractivity (Wildman–Crippen MR) is 63.8 cm³/mol. The van der Waals surface area contributed by atoms with Gasteiger partial charge >= 0.3 is 5.97 Å². The molecular formula is C12H15BrO2. The van der Waals surface area contributed by atoms with Crippen LogP contribution in [0.3, 0.4) is 0 Å². The molecule has 0 heterocycles. The van der Waals surface area contributed by atoms with Gasteiger partial charge in [0.05, 0.1) is 6.42 Å². The molecule has 0 spiro atoms. The summed E-state index contributed by atoms with van der Waals surface area (Å²) < 4.78 is 6.16. The summed E-state index contributed by atoms with van der Waals surface area (Å²) in [5.41, 5.74) is -0.0353. The summed E-state index contributed by atoms with van der Waals surface area (Å²) in [6, 6.07) is 7.23. The van der Waals surface area contributed by atoms with Gasteiger partial charge in [-0.1, -0.05) is 36.7 Å². The SMILES string of the molecule is CC(C)(C)CC(=O)Oc1ccc(Br)cc1. The van der Waals surface area contributed by atoms with Crippen LogP contribution >= 0.6 is 15.9 Å². The van der Waals surface area contributed by atoms with Crippen LogP contribution in [0.2, 0.25) is 0 Å². The molecule has 0 amide bonds. The van der Waals surface area contributed by atoms with Crippen molar-refractivity contribution in [3.63, 3.8) is 0 Å². The molecule has 0 saturated carbocycles. The largest absolute Gasteiger partial charge is 0.427 e. The summed E-state index contributed by atoms with van der Waals surface area (Å²) in [6.07, 6.45) is 0.420. The van der Waals surface area contributed by atoms with Crippen molar-refractivity contribution in [2.45, 2.75) is 27.2 Å². The number of rotatable bonds is 2. The molecule has 0 aliphatic rings. The normalized spacial score (nSPS) is 11.2. The van der Waals surface area contributed by atoms with Crippen LogP contribution in [0.5, 0.6) is 5.75 Å². The van der Waals surface area contributed by atoms with Crippen molar-refractivity contribution in [2.75, 3.05) is 0 Å². The van der Waals surface area contributed by atoms with E-state index in [-0.39, 0.29) is 11.4 Å². The van der Waals surface area contributed by atoms with Crippen LogP contribution in [0, 0.1) is 5.41 Å². The Morgan fingerprint density at radius 3 is 2.27 bits per heavy atom. The van der Waals surface area contributed by atoms with Crippen molar-refractivity contribution < 1.29 is 9.53 Å². The molecule has 0 aliphatic carbocycles. The molecule has 0 aliphatic heterocycles. The molecule has 1 aromatic rings. The summed E-state index contributed by atoms with van der Waals surface area (Å²) in [5, 5.41) is 0. The first-order valence-electron chi connectivity index (χ1n) is 4.83. The Morgan fingerprint density at radius 1 is 1.27 bits per heavy atom. The first-order valence-corrected chi connectivity index (χ1v) is 5.62. The Bertz CT molecular complexity index is 336. The maximum absolute atomic E-state index is 11.5. The van der Waals surface area contributed by atoms with Gasteiger partial charge in [0.2, 0.25) is 0 Å². The Morgan fingerprint density at radius 2 is 1.80 bits per heavy atom. The molecule has 0 bridgehead atoms. The van der Waals surface area contributed by atoms with Crippen molar-refractivity contribution in [1.29, 1.82) is 0 Å². The second-order valence-corrected chi connectivity index (χ2v) is 5.58. The third-order valence-electron chi connectivity index (χ3n) is 1.72. The molecule has 82 valence electrons. The van der Waals surface area contributed by atoms with Crippen molar-refractivity contribution in [1.82, 2.24) is 0 Å². The summed E-state index contributed by atoms with van der Waals surface area (Å²) in [6.45, 7) is 6.03. The number of halogens is 1. The van der Waals surface area contributed by atoms with E-state index in [9.17, 15) is 4.79 Å². The highest BCUT2D eigenvalue weighted by Crippen LogP contribution is 2.21. The highest BCUT2D eigenvalue weighted by molar-refractivity contribution is 9.10. The average Bonchev–Trinajstić information content (AvgIpc) is 2.05. The number of benzene rings is 1. The fourth-order valence-corrected chi connectivity index (χ4v) is 1.37. The van der Waals surface area contributed by atoms with Gasteiger partial charge in [-0.25, -0.2) is 0 Å². The molecule has 0 saturated heterocycles. The standard InChI is InChI=1S/C12H15BrO2/c1-12(2,3)8-11(14)15-10-6-4-9(13)5-7-10/h4-7H,8H2,1-3H3. The van der Waals surface area contributed by atoms with Crippen LogP contribution in [-0.4, -0.2) is 5.97 Å². The maximum Gasteiger partial charge on any atom is 0.311 e. The lowest BCUT2D eigenvalue weighted by Crippen LogP contribution is -2.17. The van der Waals surface area contributed by atoms with Crippen molar-refractivity contribution >= 4 is 21.9 Å². The number of ether oxygens (including phenoxy) is 1. The van der Waals surface area contributed by atoms with Gasteiger partial charge in [-0.05, 0) is 29.7 Å². The van der Waals surface area contributed by atoms with Crippen LogP contribution in [0.1, 0.15) is 27.2 Å². The molecular weight excluding hydrogens is 256 g/mol. The molecule has 0 atom stereocenters. The van der Waals surface area contributed by atoms with E-state index in [2.05, 4.69) is 15.9 Å². The van der Waals surface area contributed by atoms with Gasteiger partial charge in [0, 0.05) is 4.47 Å². The minimum Gasteiger partial charge on any atom is -0.427 e. The number of esters is 1. The zero-order chi connectivity index (χ0) is 11.5. The Balaban J connectivity index is 2.55. The Hall–Kier alpha value is -0.830. The first-order chi connectivity index (χ1) is 6.87. The van der Waals surface area contributed by atoms with Gasteiger partial charge in [-0.15, -0.1) is 0 Å². The Labute approximate surface area is 98.8 Å². The number of hydrogen-bond acceptors (Lipinski definition) is 2. The molecule has 1 aromatic carbocycles. The third-order valence-corrected chi connectivity index (χ3v) is 2.25. The predicted octanol–water partition coefficient (Wildman–Crippen LogP) is 3.79. The van der Waals surface area contributed by atoms with Crippen molar-refractivity contribution in [3.05, 3.63) is 28.7 Å². The van der Waals surface area contributed by atoms with Crippen molar-refractivity contribution in [2.24, 2.45) is 5.41 Å². The lowest BCUT2D eigenvalue weighted by Gasteiger charge is -2.16. The third kappa shape index (κ3) is 4.98. The molecule has 0 aromatic heterocycles. The second-order valence-electron chi connectivity index (χ2n) is 4.67. The second kappa shape index (κ2) is 4.79. The molecule has 2 nitrogen and oxygen atoms in total. The summed E-state index contributed by atoms with van der Waals surface area (Å²) in [7, 11) is 0. The van der Waals surface area contributed by atoms with E-state index < -0.39 is 0 Å². The van der Waals surface area contributed by atoms with E-state index in [1.807, 2.05) is 32.9 Å². The van der Waals surface area contributed by atoms with Gasteiger partial charge in [-0.3, -0.25) is 4.79 Å². The van der Waals surface area contributed by atoms with Gasteiger partial charge in [0.1, 0.15) is 5.75 Å². The molecule has 0 fully saturated rings. The number of carbonyl (C=O) groups is 1. The number of carbonyl (C=O) groups excluding carboxylic acids is 1. The smallest absolute Gasteiger partial charge is 0.311 e. The van der Waals surface area contributed by atoms with Gasteiger partial charge in [-0.2, -0.15) is 0 Å². The zero-order valence-electron chi connectivity index (χ0n) is 9.21. The lowest BCUT2D eigenvalue weighted by atomic mass is 9.92. The van der Waals surface area contributed by atoms with E-state index in [1.165, 1.54) is 0 Å². The first kappa shape index (κ1) is 12.2. The summed E-state index contributed by atoms with van der Waals surface area (Å²) in [5.74, 6) is 0.400. The van der Waals surface area contributed by atoms with Crippen LogP contribution in [-0.2, 0) is 4.79 Å². The molecule has 0 unspecified atom stereocenters. The summed E-state index contributed by atoms with van der Waals surface area (Å²) >= 11 is 3.32. The van der Waals surface area contributed by atoms with E-state index in [1.54, 1.807) is 12.1 Å². The maximum atomic E-state index is 11.5. The molecule has 0 N–H and O–H groups in total. The van der Waals surface area contributed by atoms with E-state index in [4.69, 9.17) is 4.74 Å². The van der Waals surface area contributed by atoms with Crippen LogP contribution < -0.4 is 4.74 Å². The highest BCUT2D eigenvalue weighted by atomic mass is 79.9. The Kier molecular flexibility index (Phi) is 3.91. The van der Waals surface area contributed by atoms with Crippen LogP contribution in [0.4, 0.5) is 0 Å². The molecule has 3 heteroatoms. The van der Waals surface area contributed by atoms with Gasteiger partial charge < -0.3 is 4.74 Å². The minimum atomic E-state index is -0.190. The van der Waals surface area contributed by atoms with Crippen LogP contribution in [0.25, 0.3) is 0 Å². The fraction of sp³-hybridized carbons (Fsp3) is 0.417. The monoisotopic (exact) mass is 270 g/mol. The highest BCUT2D eigenvalue weighted by Gasteiger charge is 2.17. The van der Waals surface area contributed by atoms with Gasteiger partial charge in [0.25, 0.3) is 0 Å². The fourth-order valence-electron chi connectivity index (χ4n) is 1.10. The summed E-state index contributed by atoms with van der Waals surface area (Å²) in [4.78, 5) is 11.5. The van der Waals surface area contributed by atoms with Crippen molar-refractivity contribution in [3.8, 4) is 5.75 Å². The molecule has 0 radical (unpaired) electrons. The van der Waals surface area contributed by atoms with E-state index in [0.29, 0.717) is 12.2 Å². The van der Waals surface area contributed by atoms with E-state index >= 15 is 0 Å². The quantitative estimate of drug-likeness (QED) is 0.604. The number of hydrogen-bond donors (Lipinski definition) is 0. The molecule has 15 heavy (non-hydrogen) atoms. The molecule has 1 rings (SSSR count). The average molecular weight is 271 g/mol. The van der Waals surface area contributed by atoms with E-state index in [0.717, 1.165) is 4.47 Å². The van der Waals surface area contributed by atoms with Gasteiger partial charge in [0.15, 0.2) is 0 Å².